The van der Waals surface area contributed by atoms with Crippen molar-refractivity contribution in [1.82, 2.24) is 34.5 Å². The van der Waals surface area contributed by atoms with Crippen LogP contribution in [0, 0.1) is 35.3 Å². The van der Waals surface area contributed by atoms with Gasteiger partial charge in [0.2, 0.25) is 23.6 Å². The number of unbranched alkanes of at least 4 members (excludes halogenated alkanes) is 1. The molecule has 362 valence electrons. The number of nitrogens with zero attached hydrogens (tertiary/aromatic N) is 5. The Morgan fingerprint density at radius 3 is 2.30 bits per heavy atom. The lowest BCUT2D eigenvalue weighted by molar-refractivity contribution is -0.136. The Morgan fingerprint density at radius 2 is 1.57 bits per heavy atom. The summed E-state index contributed by atoms with van der Waals surface area (Å²) in [6.45, 7) is 8.28. The lowest BCUT2D eigenvalue weighted by Gasteiger charge is -2.36. The highest BCUT2D eigenvalue weighted by atomic mass is 19.1. The minimum atomic E-state index is -0.876. The molecule has 1 aromatic heterocycles. The van der Waals surface area contributed by atoms with E-state index in [4.69, 9.17) is 0 Å². The number of imidazole rings is 1. The summed E-state index contributed by atoms with van der Waals surface area (Å²) in [5, 5.41) is 7.68. The minimum absolute atomic E-state index is 0.0372. The van der Waals surface area contributed by atoms with Gasteiger partial charge in [0, 0.05) is 69.0 Å². The second-order valence-corrected chi connectivity index (χ2v) is 19.6. The van der Waals surface area contributed by atoms with Crippen molar-refractivity contribution < 1.29 is 28.0 Å². The number of aromatic nitrogens is 2. The molecule has 4 fully saturated rings. The monoisotopic (exact) mass is 939 g/mol. The van der Waals surface area contributed by atoms with Crippen LogP contribution in [0.5, 0.6) is 0 Å². The molecule has 0 spiro atoms. The van der Waals surface area contributed by atoms with Crippen molar-refractivity contribution >= 4 is 45.4 Å². The van der Waals surface area contributed by atoms with Gasteiger partial charge in [0.25, 0.3) is 0 Å². The molecule has 5 aromatic rings. The Morgan fingerprint density at radius 1 is 0.812 bits per heavy atom. The van der Waals surface area contributed by atoms with E-state index < -0.39 is 23.5 Å². The van der Waals surface area contributed by atoms with E-state index in [0.717, 1.165) is 82.4 Å². The Bertz CT molecular complexity index is 2860. The first-order valence-electron chi connectivity index (χ1n) is 25.0. The molecule has 4 amide bonds. The van der Waals surface area contributed by atoms with Crippen LogP contribution in [0.25, 0.3) is 21.8 Å². The quantitative estimate of drug-likeness (QED) is 0.0755. The number of likely N-dealkylation sites (tertiary alicyclic amines) is 3. The maximum Gasteiger partial charge on any atom is 0.329 e. The SMILES string of the molecule is CC(c1ccc(C#CC2CCN(CCCCC(=O)N3CCC(c4cc5c(cc4F)n(C4CCC(=O)NC4=O)c(=O)n5C)CC3)CC2)c2ccccc12)N1CCC(C(=O)NCc2cccc(F)c2)CC1. The van der Waals surface area contributed by atoms with Crippen molar-refractivity contribution in [3.05, 3.63) is 117 Å². The van der Waals surface area contributed by atoms with E-state index in [0.29, 0.717) is 61.4 Å². The van der Waals surface area contributed by atoms with Crippen molar-refractivity contribution in [2.24, 2.45) is 18.9 Å². The van der Waals surface area contributed by atoms with Gasteiger partial charge in [-0.25, -0.2) is 13.6 Å². The lowest BCUT2D eigenvalue weighted by Crippen LogP contribution is -2.44. The number of carbonyl (C=O) groups is 4. The number of imide groups is 1. The normalized spacial score (nSPS) is 19.7. The van der Waals surface area contributed by atoms with Crippen LogP contribution >= 0.6 is 0 Å². The number of carbonyl (C=O) groups excluding carboxylic acids is 4. The first kappa shape index (κ1) is 47.9. The highest BCUT2D eigenvalue weighted by molar-refractivity contribution is 6.00. The number of hydrogen-bond donors (Lipinski definition) is 2. The zero-order valence-electron chi connectivity index (χ0n) is 39.8. The molecule has 0 saturated carbocycles. The number of aryl methyl sites for hydroxylation is 1. The largest absolute Gasteiger partial charge is 0.352 e. The molecule has 5 heterocycles. The van der Waals surface area contributed by atoms with Gasteiger partial charge >= 0.3 is 5.69 Å². The topological polar surface area (TPSA) is 129 Å². The van der Waals surface area contributed by atoms with Gasteiger partial charge in [0.05, 0.1) is 11.0 Å². The Labute approximate surface area is 402 Å². The standard InChI is InChI=1S/C55H63F2N7O5/c1-36(62-28-23-41(24-29-62)53(67)58-35-38-8-7-9-42(56)32-38)43-16-15-39(44-10-3-4-11-45(43)44)14-13-37-19-26-61(27-20-37)25-6-5-12-52(66)63-30-21-40(22-31-63)46-33-49-50(34-47(46)57)64(55(69)60(49)2)48-17-18-51(65)59-54(48)68/h3-4,7-11,15-16,32-34,36-37,40-41,48H,5-6,12,17-31,35H2,1-2H3,(H,58,67)(H,59,65,68). The number of halogens is 2. The molecule has 2 unspecified atom stereocenters. The molecule has 12 nitrogen and oxygen atoms in total. The molecule has 4 saturated heterocycles. The molecular weight excluding hydrogens is 877 g/mol. The third kappa shape index (κ3) is 10.7. The maximum atomic E-state index is 15.7. The third-order valence-corrected chi connectivity index (χ3v) is 15.3. The highest BCUT2D eigenvalue weighted by Gasteiger charge is 2.33. The van der Waals surface area contributed by atoms with Crippen molar-refractivity contribution in [2.45, 2.75) is 102 Å². The average molecular weight is 940 g/mol. The van der Waals surface area contributed by atoms with Gasteiger partial charge in [0.1, 0.15) is 17.7 Å². The Hall–Kier alpha value is -6.17. The van der Waals surface area contributed by atoms with Gasteiger partial charge in [-0.3, -0.25) is 38.5 Å². The van der Waals surface area contributed by atoms with Crippen molar-refractivity contribution in [1.29, 1.82) is 0 Å². The summed E-state index contributed by atoms with van der Waals surface area (Å²) in [6, 6.07) is 21.6. The second kappa shape index (κ2) is 21.2. The van der Waals surface area contributed by atoms with E-state index >= 15 is 4.39 Å². The number of benzene rings is 4. The summed E-state index contributed by atoms with van der Waals surface area (Å²) in [7, 11) is 1.61. The van der Waals surface area contributed by atoms with Crippen LogP contribution in [0.2, 0.25) is 0 Å². The van der Waals surface area contributed by atoms with Gasteiger partial charge in [-0.15, -0.1) is 0 Å². The third-order valence-electron chi connectivity index (χ3n) is 15.3. The predicted octanol–water partition coefficient (Wildman–Crippen LogP) is 7.48. The summed E-state index contributed by atoms with van der Waals surface area (Å²) in [5.41, 5.74) is 4.04. The molecule has 14 heteroatoms. The van der Waals surface area contributed by atoms with Gasteiger partial charge in [-0.2, -0.15) is 0 Å². The minimum Gasteiger partial charge on any atom is -0.352 e. The smallest absolute Gasteiger partial charge is 0.329 e. The van der Waals surface area contributed by atoms with E-state index in [1.54, 1.807) is 19.2 Å². The zero-order chi connectivity index (χ0) is 48.2. The molecule has 0 radical (unpaired) electrons. The van der Waals surface area contributed by atoms with Crippen molar-refractivity contribution in [3.63, 3.8) is 0 Å². The maximum absolute atomic E-state index is 15.7. The van der Waals surface area contributed by atoms with Gasteiger partial charge in [-0.05, 0) is 155 Å². The number of nitrogens with one attached hydrogen (secondary N) is 2. The van der Waals surface area contributed by atoms with Crippen LogP contribution in [0.3, 0.4) is 0 Å². The summed E-state index contributed by atoms with van der Waals surface area (Å²) in [5.74, 6) is 5.86. The fourth-order valence-electron chi connectivity index (χ4n) is 11.2. The number of piperidine rings is 4. The molecule has 2 N–H and O–H groups in total. The average Bonchev–Trinajstić information content (AvgIpc) is 3.60. The first-order valence-corrected chi connectivity index (χ1v) is 25.0. The Kier molecular flexibility index (Phi) is 14.7. The fraction of sp³-hybridized carbons (Fsp3) is 0.473. The molecule has 4 aliphatic rings. The second-order valence-electron chi connectivity index (χ2n) is 19.6. The van der Waals surface area contributed by atoms with E-state index in [2.05, 4.69) is 75.6 Å². The number of hydrogen-bond acceptors (Lipinski definition) is 7. The van der Waals surface area contributed by atoms with Crippen LogP contribution in [-0.2, 0) is 32.8 Å². The fourth-order valence-corrected chi connectivity index (χ4v) is 11.2. The van der Waals surface area contributed by atoms with Crippen LogP contribution in [-0.4, -0.2) is 93.3 Å². The molecule has 2 atom stereocenters. The van der Waals surface area contributed by atoms with Gasteiger partial charge in [0.15, 0.2) is 0 Å². The summed E-state index contributed by atoms with van der Waals surface area (Å²) < 4.78 is 32.0. The predicted molar refractivity (Wildman–Crippen MR) is 262 cm³/mol. The molecular formula is C55H63F2N7O5. The van der Waals surface area contributed by atoms with E-state index in [9.17, 15) is 28.4 Å². The number of rotatable bonds is 12. The summed E-state index contributed by atoms with van der Waals surface area (Å²) in [6.07, 6.45) is 7.41. The highest BCUT2D eigenvalue weighted by Crippen LogP contribution is 2.35. The summed E-state index contributed by atoms with van der Waals surface area (Å²) in [4.78, 5) is 70.6. The van der Waals surface area contributed by atoms with Crippen molar-refractivity contribution in [2.75, 3.05) is 45.8 Å². The van der Waals surface area contributed by atoms with Crippen LogP contribution < -0.4 is 16.3 Å². The zero-order valence-corrected chi connectivity index (χ0v) is 39.8. The van der Waals surface area contributed by atoms with E-state index in [-0.39, 0.29) is 54.3 Å². The molecule has 9 rings (SSSR count). The van der Waals surface area contributed by atoms with Gasteiger partial charge in [-0.1, -0.05) is 54.3 Å². The first-order chi connectivity index (χ1) is 33.4. The van der Waals surface area contributed by atoms with Crippen LogP contribution in [0.4, 0.5) is 8.78 Å². The molecule has 4 aromatic carbocycles. The molecule has 0 bridgehead atoms. The Balaban J connectivity index is 0.701. The summed E-state index contributed by atoms with van der Waals surface area (Å²) >= 11 is 0. The van der Waals surface area contributed by atoms with Crippen LogP contribution in [0.15, 0.2) is 77.6 Å². The van der Waals surface area contributed by atoms with Crippen molar-refractivity contribution in [3.8, 4) is 11.8 Å². The molecule has 69 heavy (non-hydrogen) atoms. The number of amides is 4. The van der Waals surface area contributed by atoms with Crippen LogP contribution in [0.1, 0.15) is 118 Å². The lowest BCUT2D eigenvalue weighted by atomic mass is 9.88. The van der Waals surface area contributed by atoms with Gasteiger partial charge < -0.3 is 15.1 Å². The molecule has 4 aliphatic heterocycles. The van der Waals surface area contributed by atoms with E-state index in [1.807, 2.05) is 11.0 Å². The molecule has 0 aliphatic carbocycles. The van der Waals surface area contributed by atoms with E-state index in [1.165, 1.54) is 43.7 Å². The number of fused-ring (bicyclic) bond motifs is 2.